The van der Waals surface area contributed by atoms with Gasteiger partial charge in [-0.05, 0) is 19.1 Å². The van der Waals surface area contributed by atoms with Crippen LogP contribution in [0, 0.1) is 0 Å². The van der Waals surface area contributed by atoms with Crippen molar-refractivity contribution in [2.24, 2.45) is 0 Å². The first-order valence-electron chi connectivity index (χ1n) is 3.82. The van der Waals surface area contributed by atoms with Crippen LogP contribution >= 0.6 is 0 Å². The molecule has 0 saturated heterocycles. The van der Waals surface area contributed by atoms with E-state index in [1.54, 1.807) is 0 Å². The van der Waals surface area contributed by atoms with Gasteiger partial charge in [0.2, 0.25) is 0 Å². The lowest BCUT2D eigenvalue weighted by Crippen LogP contribution is -2.38. The van der Waals surface area contributed by atoms with E-state index < -0.39 is 0 Å². The van der Waals surface area contributed by atoms with Gasteiger partial charge in [0.15, 0.2) is 0 Å². The molecule has 0 amide bonds. The molecule has 2 aliphatic rings. The van der Waals surface area contributed by atoms with Gasteiger partial charge in [0.25, 0.3) is 0 Å². The molecule has 2 heterocycles. The third kappa shape index (κ3) is 1.88. The number of fused-ring (bicyclic) bond motifs is 1. The second kappa shape index (κ2) is 4.07. The van der Waals surface area contributed by atoms with Crippen molar-refractivity contribution >= 4 is 0 Å². The van der Waals surface area contributed by atoms with Crippen LogP contribution in [0.4, 0.5) is 0 Å². The van der Waals surface area contributed by atoms with E-state index in [9.17, 15) is 0 Å². The summed E-state index contributed by atoms with van der Waals surface area (Å²) in [6, 6.07) is 0. The van der Waals surface area contributed by atoms with E-state index in [0.29, 0.717) is 0 Å². The molecule has 0 fully saturated rings. The molecule has 0 bridgehead atoms. The summed E-state index contributed by atoms with van der Waals surface area (Å²) < 4.78 is 0. The SMILES string of the molecule is CC12C=CC=CN1C=CC=C2.N.N. The number of rotatable bonds is 0. The summed E-state index contributed by atoms with van der Waals surface area (Å²) in [5.74, 6) is 0. The molecule has 2 rings (SSSR count). The molecule has 0 aromatic heterocycles. The molecular formula is C10H17N3. The van der Waals surface area contributed by atoms with Gasteiger partial charge in [-0.25, -0.2) is 0 Å². The molecule has 0 aromatic rings. The molecule has 0 aromatic carbocycles. The summed E-state index contributed by atoms with van der Waals surface area (Å²) in [7, 11) is 0. The normalized spacial score (nSPS) is 20.2. The van der Waals surface area contributed by atoms with Crippen molar-refractivity contribution in [1.82, 2.24) is 17.2 Å². The summed E-state index contributed by atoms with van der Waals surface area (Å²) in [5.41, 5.74) is 0.0729. The van der Waals surface area contributed by atoms with E-state index in [4.69, 9.17) is 0 Å². The number of hydrogen-bond donors (Lipinski definition) is 2. The van der Waals surface area contributed by atoms with Gasteiger partial charge in [0.05, 0.1) is 5.54 Å². The van der Waals surface area contributed by atoms with Crippen LogP contribution in [0.1, 0.15) is 6.92 Å². The van der Waals surface area contributed by atoms with Gasteiger partial charge in [-0.3, -0.25) is 0 Å². The van der Waals surface area contributed by atoms with Crippen molar-refractivity contribution in [1.29, 1.82) is 0 Å². The molecule has 3 nitrogen and oxygen atoms in total. The maximum atomic E-state index is 2.19. The molecule has 2 aliphatic heterocycles. The molecule has 0 radical (unpaired) electrons. The zero-order chi connectivity index (χ0) is 7.73. The Balaban J connectivity index is 0.000000720. The maximum absolute atomic E-state index is 2.19. The highest BCUT2D eigenvalue weighted by molar-refractivity contribution is 5.32. The second-order valence-corrected chi connectivity index (χ2v) is 3.03. The number of nitrogens with zero attached hydrogens (tertiary/aromatic N) is 1. The molecule has 3 heteroatoms. The summed E-state index contributed by atoms with van der Waals surface area (Å²) >= 11 is 0. The maximum Gasteiger partial charge on any atom is 0.0783 e. The lowest BCUT2D eigenvalue weighted by atomic mass is 9.95. The lowest BCUT2D eigenvalue weighted by Gasteiger charge is -2.37. The van der Waals surface area contributed by atoms with Gasteiger partial charge in [0, 0.05) is 12.4 Å². The average molecular weight is 179 g/mol. The Bertz CT molecular complexity index is 250. The van der Waals surface area contributed by atoms with E-state index in [0.717, 1.165) is 0 Å². The molecule has 72 valence electrons. The predicted molar refractivity (Wildman–Crippen MR) is 56.8 cm³/mol. The zero-order valence-electron chi connectivity index (χ0n) is 7.98. The highest BCUT2D eigenvalue weighted by atomic mass is 15.2. The van der Waals surface area contributed by atoms with Gasteiger partial charge in [-0.15, -0.1) is 0 Å². The Hall–Kier alpha value is -1.32. The second-order valence-electron chi connectivity index (χ2n) is 3.03. The van der Waals surface area contributed by atoms with Crippen LogP contribution in [0.5, 0.6) is 0 Å². The first-order valence-corrected chi connectivity index (χ1v) is 3.82. The highest BCUT2D eigenvalue weighted by Gasteiger charge is 2.24. The van der Waals surface area contributed by atoms with Crippen LogP contribution < -0.4 is 12.3 Å². The number of hydrogen-bond acceptors (Lipinski definition) is 3. The third-order valence-electron chi connectivity index (χ3n) is 2.14. The van der Waals surface area contributed by atoms with Gasteiger partial charge >= 0.3 is 0 Å². The van der Waals surface area contributed by atoms with Crippen molar-refractivity contribution in [3.8, 4) is 0 Å². The van der Waals surface area contributed by atoms with Crippen molar-refractivity contribution in [3.63, 3.8) is 0 Å². The van der Waals surface area contributed by atoms with Crippen LogP contribution in [0.2, 0.25) is 0 Å². The van der Waals surface area contributed by atoms with Crippen molar-refractivity contribution in [2.45, 2.75) is 12.5 Å². The summed E-state index contributed by atoms with van der Waals surface area (Å²) in [5, 5.41) is 0. The Morgan fingerprint density at radius 3 is 1.69 bits per heavy atom. The molecule has 0 atom stereocenters. The standard InChI is InChI=1S/C10H11N.2H3N/c1-10-6-2-4-8-11(10)9-5-3-7-10;;/h2-9H,1H3;2*1H3. The average Bonchev–Trinajstić information content (AvgIpc) is 2.03. The zero-order valence-corrected chi connectivity index (χ0v) is 7.98. The first kappa shape index (κ1) is 11.7. The van der Waals surface area contributed by atoms with Crippen LogP contribution in [-0.2, 0) is 0 Å². The number of allylic oxidation sites excluding steroid dienone is 4. The smallest absolute Gasteiger partial charge is 0.0783 e. The van der Waals surface area contributed by atoms with Crippen LogP contribution in [0.15, 0.2) is 48.9 Å². The molecule has 0 aliphatic carbocycles. The minimum Gasteiger partial charge on any atom is -0.344 e. The largest absolute Gasteiger partial charge is 0.344 e. The van der Waals surface area contributed by atoms with E-state index in [1.807, 2.05) is 12.2 Å². The van der Waals surface area contributed by atoms with Crippen LogP contribution in [0.25, 0.3) is 0 Å². The monoisotopic (exact) mass is 179 g/mol. The van der Waals surface area contributed by atoms with Crippen LogP contribution in [0.3, 0.4) is 0 Å². The Morgan fingerprint density at radius 2 is 1.31 bits per heavy atom. The minimum absolute atomic E-state index is 0. The fourth-order valence-electron chi connectivity index (χ4n) is 1.38. The molecule has 0 spiro atoms. The molecular weight excluding hydrogens is 162 g/mol. The Morgan fingerprint density at radius 1 is 0.846 bits per heavy atom. The first-order chi connectivity index (χ1) is 5.31. The predicted octanol–water partition coefficient (Wildman–Crippen LogP) is 2.54. The lowest BCUT2D eigenvalue weighted by molar-refractivity contribution is 0.350. The van der Waals surface area contributed by atoms with Gasteiger partial charge in [-0.1, -0.05) is 24.3 Å². The molecule has 0 saturated carbocycles. The fourth-order valence-corrected chi connectivity index (χ4v) is 1.38. The minimum atomic E-state index is 0. The molecule has 0 unspecified atom stereocenters. The Kier molecular flexibility index (Phi) is 3.66. The van der Waals surface area contributed by atoms with E-state index in [2.05, 4.69) is 48.5 Å². The third-order valence-corrected chi connectivity index (χ3v) is 2.14. The van der Waals surface area contributed by atoms with Crippen molar-refractivity contribution in [3.05, 3.63) is 48.9 Å². The quantitative estimate of drug-likeness (QED) is 0.600. The topological polar surface area (TPSA) is 73.2 Å². The van der Waals surface area contributed by atoms with Gasteiger partial charge < -0.3 is 17.2 Å². The highest BCUT2D eigenvalue weighted by Crippen LogP contribution is 2.25. The summed E-state index contributed by atoms with van der Waals surface area (Å²) in [6.07, 6.45) is 16.8. The summed E-state index contributed by atoms with van der Waals surface area (Å²) in [4.78, 5) is 2.19. The summed E-state index contributed by atoms with van der Waals surface area (Å²) in [6.45, 7) is 2.19. The van der Waals surface area contributed by atoms with E-state index >= 15 is 0 Å². The van der Waals surface area contributed by atoms with E-state index in [-0.39, 0.29) is 17.8 Å². The van der Waals surface area contributed by atoms with Crippen molar-refractivity contribution < 1.29 is 0 Å². The van der Waals surface area contributed by atoms with E-state index in [1.165, 1.54) is 0 Å². The van der Waals surface area contributed by atoms with Gasteiger partial charge in [-0.2, -0.15) is 0 Å². The molecule has 13 heavy (non-hydrogen) atoms. The fraction of sp³-hybridized carbons (Fsp3) is 0.200. The molecule has 6 N–H and O–H groups in total. The van der Waals surface area contributed by atoms with Crippen molar-refractivity contribution in [2.75, 3.05) is 0 Å². The Labute approximate surface area is 79.3 Å². The van der Waals surface area contributed by atoms with Crippen LogP contribution in [-0.4, -0.2) is 10.4 Å². The van der Waals surface area contributed by atoms with Gasteiger partial charge in [0.1, 0.15) is 0 Å².